The molecule has 2 aromatic rings. The van der Waals surface area contributed by atoms with Crippen molar-refractivity contribution in [2.45, 2.75) is 27.3 Å². The monoisotopic (exact) mass is 273 g/mol. The molecule has 5 nitrogen and oxygen atoms in total. The first-order valence-electron chi connectivity index (χ1n) is 6.62. The molecule has 1 aromatic heterocycles. The smallest absolute Gasteiger partial charge is 0.246 e. The highest BCUT2D eigenvalue weighted by Gasteiger charge is 2.16. The minimum Gasteiger partial charge on any atom is -0.337 e. The van der Waals surface area contributed by atoms with E-state index in [0.717, 1.165) is 5.56 Å². The summed E-state index contributed by atoms with van der Waals surface area (Å²) in [5.74, 6) is 1.00. The predicted octanol–water partition coefficient (Wildman–Crippen LogP) is 2.66. The van der Waals surface area contributed by atoms with Gasteiger partial charge in [0.25, 0.3) is 0 Å². The first-order valence-corrected chi connectivity index (χ1v) is 6.62. The fraction of sp³-hybridized carbons (Fsp3) is 0.400. The largest absolute Gasteiger partial charge is 0.337 e. The molecule has 1 heterocycles. The van der Waals surface area contributed by atoms with Crippen molar-refractivity contribution >= 4 is 5.91 Å². The van der Waals surface area contributed by atoms with Gasteiger partial charge in [0.1, 0.15) is 0 Å². The average molecular weight is 273 g/mol. The van der Waals surface area contributed by atoms with Crippen molar-refractivity contribution in [3.63, 3.8) is 0 Å². The van der Waals surface area contributed by atoms with Crippen molar-refractivity contribution in [1.29, 1.82) is 0 Å². The van der Waals surface area contributed by atoms with Gasteiger partial charge in [0.15, 0.2) is 0 Å². The van der Waals surface area contributed by atoms with Gasteiger partial charge in [-0.15, -0.1) is 0 Å². The van der Waals surface area contributed by atoms with E-state index in [2.05, 4.69) is 10.1 Å². The van der Waals surface area contributed by atoms with Crippen molar-refractivity contribution < 1.29 is 9.32 Å². The number of nitrogens with zero attached hydrogens (tertiary/aromatic N) is 3. The Balaban J connectivity index is 2.09. The average Bonchev–Trinajstić information content (AvgIpc) is 2.87. The number of carbonyl (C=O) groups excluding carboxylic acids is 1. The van der Waals surface area contributed by atoms with Crippen LogP contribution in [0, 0.1) is 12.8 Å². The number of hydrogen-bond acceptors (Lipinski definition) is 4. The normalized spacial score (nSPS) is 10.8. The van der Waals surface area contributed by atoms with Gasteiger partial charge < -0.3 is 9.42 Å². The molecular weight excluding hydrogens is 254 g/mol. The molecule has 20 heavy (non-hydrogen) atoms. The molecule has 0 bridgehead atoms. The van der Waals surface area contributed by atoms with E-state index in [1.54, 1.807) is 11.9 Å². The Morgan fingerprint density at radius 3 is 2.55 bits per heavy atom. The van der Waals surface area contributed by atoms with Gasteiger partial charge in [-0.25, -0.2) is 0 Å². The number of rotatable bonds is 4. The number of amides is 1. The molecule has 0 fully saturated rings. The molecule has 1 amide bonds. The summed E-state index contributed by atoms with van der Waals surface area (Å²) in [7, 11) is 1.73. The van der Waals surface area contributed by atoms with Gasteiger partial charge in [-0.05, 0) is 6.92 Å². The van der Waals surface area contributed by atoms with Crippen molar-refractivity contribution in [3.8, 4) is 11.4 Å². The molecule has 5 heteroatoms. The third-order valence-corrected chi connectivity index (χ3v) is 3.02. The molecule has 1 aromatic carbocycles. The maximum Gasteiger partial charge on any atom is 0.246 e. The highest BCUT2D eigenvalue weighted by molar-refractivity contribution is 5.77. The van der Waals surface area contributed by atoms with Crippen LogP contribution in [0.4, 0.5) is 0 Å². The van der Waals surface area contributed by atoms with E-state index < -0.39 is 0 Å². The van der Waals surface area contributed by atoms with Gasteiger partial charge >= 0.3 is 0 Å². The Labute approximate surface area is 118 Å². The van der Waals surface area contributed by atoms with Crippen LogP contribution in [0.1, 0.15) is 25.3 Å². The lowest BCUT2D eigenvalue weighted by molar-refractivity contribution is -0.133. The van der Waals surface area contributed by atoms with Crippen molar-refractivity contribution in [1.82, 2.24) is 15.0 Å². The van der Waals surface area contributed by atoms with Crippen LogP contribution in [-0.4, -0.2) is 28.0 Å². The van der Waals surface area contributed by atoms with Crippen LogP contribution in [0.15, 0.2) is 28.8 Å². The highest BCUT2D eigenvalue weighted by atomic mass is 16.5. The van der Waals surface area contributed by atoms with Crippen LogP contribution in [0.5, 0.6) is 0 Å². The molecular formula is C15H19N3O2. The summed E-state index contributed by atoms with van der Waals surface area (Å²) >= 11 is 0. The Kier molecular flexibility index (Phi) is 4.17. The molecule has 0 atom stereocenters. The molecule has 0 aliphatic rings. The third kappa shape index (κ3) is 3.23. The van der Waals surface area contributed by atoms with E-state index in [-0.39, 0.29) is 11.8 Å². The number of hydrogen-bond donors (Lipinski definition) is 0. The van der Waals surface area contributed by atoms with Crippen LogP contribution in [-0.2, 0) is 11.3 Å². The summed E-state index contributed by atoms with van der Waals surface area (Å²) in [6.45, 7) is 6.09. The van der Waals surface area contributed by atoms with E-state index >= 15 is 0 Å². The number of aryl methyl sites for hydroxylation is 1. The maximum atomic E-state index is 11.8. The first kappa shape index (κ1) is 14.2. The molecule has 0 unspecified atom stereocenters. The Morgan fingerprint density at radius 1 is 1.30 bits per heavy atom. The van der Waals surface area contributed by atoms with Crippen molar-refractivity contribution in [3.05, 3.63) is 35.7 Å². The second-order valence-corrected chi connectivity index (χ2v) is 5.23. The predicted molar refractivity (Wildman–Crippen MR) is 75.8 cm³/mol. The standard InChI is InChI=1S/C15H19N3O2/c1-10(2)15(19)18(4)9-13-16-14(17-20-13)12-7-5-11(3)6-8-12/h5-8,10H,9H2,1-4H3. The Morgan fingerprint density at radius 2 is 1.95 bits per heavy atom. The Hall–Kier alpha value is -2.17. The molecule has 0 spiro atoms. The third-order valence-electron chi connectivity index (χ3n) is 3.02. The number of carbonyl (C=O) groups is 1. The molecule has 0 radical (unpaired) electrons. The van der Waals surface area contributed by atoms with Crippen molar-refractivity contribution in [2.75, 3.05) is 7.05 Å². The Bertz CT molecular complexity index is 587. The van der Waals surface area contributed by atoms with Gasteiger partial charge in [0.05, 0.1) is 6.54 Å². The zero-order valence-corrected chi connectivity index (χ0v) is 12.3. The number of aromatic nitrogens is 2. The molecule has 0 saturated heterocycles. The summed E-state index contributed by atoms with van der Waals surface area (Å²) < 4.78 is 5.19. The molecule has 0 aliphatic heterocycles. The van der Waals surface area contributed by atoms with Gasteiger partial charge in [-0.1, -0.05) is 48.8 Å². The maximum absolute atomic E-state index is 11.8. The minimum absolute atomic E-state index is 0.0421. The van der Waals surface area contributed by atoms with Gasteiger partial charge in [-0.3, -0.25) is 4.79 Å². The quantitative estimate of drug-likeness (QED) is 0.859. The summed E-state index contributed by atoms with van der Waals surface area (Å²) in [4.78, 5) is 17.7. The highest BCUT2D eigenvalue weighted by Crippen LogP contribution is 2.17. The second kappa shape index (κ2) is 5.86. The molecule has 0 saturated carbocycles. The topological polar surface area (TPSA) is 59.2 Å². The van der Waals surface area contributed by atoms with E-state index in [0.29, 0.717) is 18.3 Å². The van der Waals surface area contributed by atoms with Crippen LogP contribution >= 0.6 is 0 Å². The fourth-order valence-corrected chi connectivity index (χ4v) is 1.86. The summed E-state index contributed by atoms with van der Waals surface area (Å²) in [5, 5.41) is 3.95. The van der Waals surface area contributed by atoms with Crippen molar-refractivity contribution in [2.24, 2.45) is 5.92 Å². The lowest BCUT2D eigenvalue weighted by Crippen LogP contribution is -2.30. The van der Waals surface area contributed by atoms with E-state index in [4.69, 9.17) is 4.52 Å². The lowest BCUT2D eigenvalue weighted by atomic mass is 10.1. The van der Waals surface area contributed by atoms with Crippen LogP contribution in [0.25, 0.3) is 11.4 Å². The van der Waals surface area contributed by atoms with Gasteiger partial charge in [-0.2, -0.15) is 4.98 Å². The zero-order valence-electron chi connectivity index (χ0n) is 12.3. The van der Waals surface area contributed by atoms with Crippen LogP contribution in [0.3, 0.4) is 0 Å². The molecule has 0 aliphatic carbocycles. The fourth-order valence-electron chi connectivity index (χ4n) is 1.86. The zero-order chi connectivity index (χ0) is 14.7. The molecule has 106 valence electrons. The summed E-state index contributed by atoms with van der Waals surface area (Å²) in [5.41, 5.74) is 2.09. The van der Waals surface area contributed by atoms with E-state index in [9.17, 15) is 4.79 Å². The van der Waals surface area contributed by atoms with Crippen LogP contribution in [0.2, 0.25) is 0 Å². The van der Waals surface area contributed by atoms with Gasteiger partial charge in [0.2, 0.25) is 17.6 Å². The number of benzene rings is 1. The summed E-state index contributed by atoms with van der Waals surface area (Å²) in [6.07, 6.45) is 0. The molecule has 0 N–H and O–H groups in total. The molecule has 2 rings (SSSR count). The SMILES string of the molecule is Cc1ccc(-c2noc(CN(C)C(=O)C(C)C)n2)cc1. The lowest BCUT2D eigenvalue weighted by Gasteiger charge is -2.16. The first-order chi connectivity index (χ1) is 9.47. The summed E-state index contributed by atoms with van der Waals surface area (Å²) in [6, 6.07) is 7.90. The van der Waals surface area contributed by atoms with E-state index in [1.165, 1.54) is 5.56 Å². The van der Waals surface area contributed by atoms with Gasteiger partial charge in [0, 0.05) is 18.5 Å². The second-order valence-electron chi connectivity index (χ2n) is 5.23. The van der Waals surface area contributed by atoms with E-state index in [1.807, 2.05) is 45.0 Å². The van der Waals surface area contributed by atoms with Crippen LogP contribution < -0.4 is 0 Å². The minimum atomic E-state index is -0.0421.